The van der Waals surface area contributed by atoms with Crippen LogP contribution in [0.15, 0.2) is 5.16 Å². The van der Waals surface area contributed by atoms with Gasteiger partial charge < -0.3 is 5.21 Å². The summed E-state index contributed by atoms with van der Waals surface area (Å²) in [5.41, 5.74) is 2.75. The van der Waals surface area contributed by atoms with Crippen LogP contribution in [-0.2, 0) is 0 Å². The summed E-state index contributed by atoms with van der Waals surface area (Å²) in [4.78, 5) is 0. The van der Waals surface area contributed by atoms with E-state index in [1.54, 1.807) is 0 Å². The van der Waals surface area contributed by atoms with Crippen LogP contribution < -0.4 is 5.43 Å². The van der Waals surface area contributed by atoms with E-state index in [9.17, 15) is 0 Å². The number of nitrogens with zero attached hydrogens (tertiary/aromatic N) is 2. The van der Waals surface area contributed by atoms with Crippen molar-refractivity contribution in [2.24, 2.45) is 5.16 Å². The van der Waals surface area contributed by atoms with Crippen LogP contribution >= 0.6 is 0 Å². The maximum absolute atomic E-state index is 8.23. The summed E-state index contributed by atoms with van der Waals surface area (Å²) in [6.45, 7) is 3.82. The van der Waals surface area contributed by atoms with Crippen LogP contribution in [0.2, 0.25) is 0 Å². The minimum absolute atomic E-state index is 0.293. The van der Waals surface area contributed by atoms with Gasteiger partial charge in [0, 0.05) is 14.1 Å². The first-order valence-electron chi connectivity index (χ1n) is 3.11. The van der Waals surface area contributed by atoms with E-state index < -0.39 is 0 Å². The van der Waals surface area contributed by atoms with Gasteiger partial charge in [0.05, 0.1) is 11.8 Å². The van der Waals surface area contributed by atoms with Crippen molar-refractivity contribution in [1.29, 1.82) is 0 Å². The molecule has 0 spiro atoms. The molecule has 0 fully saturated rings. The van der Waals surface area contributed by atoms with Gasteiger partial charge >= 0.3 is 0 Å². The normalized spacial score (nSPS) is 13.3. The van der Waals surface area contributed by atoms with Gasteiger partial charge in [0.1, 0.15) is 0 Å². The standard InChI is InChI=1S/C6H15N3O/c1-6(2,5-7-10)8-9(3)4/h5,8,10H,1-4H3/b7-5-. The summed E-state index contributed by atoms with van der Waals surface area (Å²) in [7, 11) is 3.76. The Labute approximate surface area is 61.5 Å². The van der Waals surface area contributed by atoms with Gasteiger partial charge in [-0.1, -0.05) is 0 Å². The summed E-state index contributed by atoms with van der Waals surface area (Å²) in [6, 6.07) is 0. The average molecular weight is 145 g/mol. The van der Waals surface area contributed by atoms with Crippen LogP contribution in [0.25, 0.3) is 0 Å². The van der Waals surface area contributed by atoms with Crippen molar-refractivity contribution in [2.75, 3.05) is 14.1 Å². The topological polar surface area (TPSA) is 47.9 Å². The molecule has 0 aromatic carbocycles. The number of oxime groups is 1. The summed E-state index contributed by atoms with van der Waals surface area (Å²) < 4.78 is 0. The second-order valence-corrected chi connectivity index (χ2v) is 2.97. The average Bonchev–Trinajstić information content (AvgIpc) is 1.59. The molecule has 0 amide bonds. The lowest BCUT2D eigenvalue weighted by atomic mass is 10.1. The fourth-order valence-corrected chi connectivity index (χ4v) is 0.750. The summed E-state index contributed by atoms with van der Waals surface area (Å²) in [5.74, 6) is 0. The summed E-state index contributed by atoms with van der Waals surface area (Å²) in [6.07, 6.45) is 1.44. The predicted octanol–water partition coefficient (Wildman–Crippen LogP) is 0.291. The fraction of sp³-hybridized carbons (Fsp3) is 0.833. The SMILES string of the molecule is CN(C)NC(C)(C)/C=N\O. The van der Waals surface area contributed by atoms with E-state index in [2.05, 4.69) is 10.6 Å². The third-order valence-corrected chi connectivity index (χ3v) is 0.892. The second kappa shape index (κ2) is 3.53. The fourth-order valence-electron chi connectivity index (χ4n) is 0.750. The Hall–Kier alpha value is -0.610. The molecule has 0 saturated heterocycles. The maximum Gasteiger partial charge on any atom is 0.0653 e. The minimum atomic E-state index is -0.293. The molecule has 4 heteroatoms. The first-order chi connectivity index (χ1) is 4.48. The van der Waals surface area contributed by atoms with E-state index in [0.29, 0.717) is 0 Å². The van der Waals surface area contributed by atoms with Crippen molar-refractivity contribution in [3.05, 3.63) is 0 Å². The van der Waals surface area contributed by atoms with Crippen molar-refractivity contribution < 1.29 is 5.21 Å². The van der Waals surface area contributed by atoms with E-state index in [1.807, 2.05) is 33.0 Å². The van der Waals surface area contributed by atoms with Gasteiger partial charge in [-0.15, -0.1) is 5.16 Å². The van der Waals surface area contributed by atoms with Gasteiger partial charge in [0.15, 0.2) is 0 Å². The monoisotopic (exact) mass is 145 g/mol. The molecule has 2 N–H and O–H groups in total. The lowest BCUT2D eigenvalue weighted by Crippen LogP contribution is -2.48. The van der Waals surface area contributed by atoms with Gasteiger partial charge in [-0.25, -0.2) is 10.4 Å². The molecule has 60 valence electrons. The smallest absolute Gasteiger partial charge is 0.0653 e. The molecule has 4 nitrogen and oxygen atoms in total. The quantitative estimate of drug-likeness (QED) is 0.341. The Bertz CT molecular complexity index is 120. The Morgan fingerprint density at radius 2 is 2.00 bits per heavy atom. The number of hydrazine groups is 1. The van der Waals surface area contributed by atoms with E-state index in [-0.39, 0.29) is 5.54 Å². The highest BCUT2D eigenvalue weighted by molar-refractivity contribution is 5.67. The van der Waals surface area contributed by atoms with Gasteiger partial charge in [-0.2, -0.15) is 0 Å². The molecule has 0 saturated carbocycles. The number of nitrogens with one attached hydrogen (secondary N) is 1. The van der Waals surface area contributed by atoms with Crippen LogP contribution in [-0.4, -0.2) is 36.1 Å². The lowest BCUT2D eigenvalue weighted by molar-refractivity contribution is 0.227. The maximum atomic E-state index is 8.23. The molecule has 10 heavy (non-hydrogen) atoms. The lowest BCUT2D eigenvalue weighted by Gasteiger charge is -2.25. The van der Waals surface area contributed by atoms with Gasteiger partial charge in [0.2, 0.25) is 0 Å². The third kappa shape index (κ3) is 4.29. The van der Waals surface area contributed by atoms with E-state index in [4.69, 9.17) is 5.21 Å². The largest absolute Gasteiger partial charge is 0.411 e. The molecule has 0 atom stereocenters. The Kier molecular flexibility index (Phi) is 3.32. The highest BCUT2D eigenvalue weighted by atomic mass is 16.4. The summed E-state index contributed by atoms with van der Waals surface area (Å²) >= 11 is 0. The third-order valence-electron chi connectivity index (χ3n) is 0.892. The van der Waals surface area contributed by atoms with Gasteiger partial charge in [-0.3, -0.25) is 0 Å². The first-order valence-corrected chi connectivity index (χ1v) is 3.11. The molecule has 0 heterocycles. The second-order valence-electron chi connectivity index (χ2n) is 2.97. The predicted molar refractivity (Wildman–Crippen MR) is 41.2 cm³/mol. The molecule has 0 rings (SSSR count). The van der Waals surface area contributed by atoms with Crippen molar-refractivity contribution in [3.8, 4) is 0 Å². The van der Waals surface area contributed by atoms with Gasteiger partial charge in [0.25, 0.3) is 0 Å². The molecule has 0 aliphatic heterocycles. The van der Waals surface area contributed by atoms with Crippen LogP contribution in [0.5, 0.6) is 0 Å². The zero-order valence-corrected chi connectivity index (χ0v) is 6.92. The van der Waals surface area contributed by atoms with E-state index in [1.165, 1.54) is 6.21 Å². The molecule has 0 unspecified atom stereocenters. The molecular formula is C6H15N3O. The van der Waals surface area contributed by atoms with Crippen molar-refractivity contribution in [1.82, 2.24) is 10.4 Å². The summed E-state index contributed by atoms with van der Waals surface area (Å²) in [5, 5.41) is 13.0. The van der Waals surface area contributed by atoms with Crippen molar-refractivity contribution >= 4 is 6.21 Å². The zero-order valence-electron chi connectivity index (χ0n) is 6.92. The Morgan fingerprint density at radius 1 is 1.50 bits per heavy atom. The van der Waals surface area contributed by atoms with Crippen LogP contribution in [0.1, 0.15) is 13.8 Å². The van der Waals surface area contributed by atoms with E-state index in [0.717, 1.165) is 0 Å². The molecule has 0 aliphatic carbocycles. The van der Waals surface area contributed by atoms with Crippen molar-refractivity contribution in [3.63, 3.8) is 0 Å². The van der Waals surface area contributed by atoms with Gasteiger partial charge in [-0.05, 0) is 13.8 Å². The number of hydrogen-bond donors (Lipinski definition) is 2. The molecular weight excluding hydrogens is 130 g/mol. The molecule has 0 radical (unpaired) electrons. The molecule has 0 aromatic rings. The Balaban J connectivity index is 3.86. The zero-order chi connectivity index (χ0) is 8.20. The highest BCUT2D eigenvalue weighted by Crippen LogP contribution is 1.96. The first kappa shape index (κ1) is 9.39. The highest BCUT2D eigenvalue weighted by Gasteiger charge is 2.14. The molecule has 0 aliphatic rings. The molecule has 0 aromatic heterocycles. The number of rotatable bonds is 3. The van der Waals surface area contributed by atoms with Crippen LogP contribution in [0.3, 0.4) is 0 Å². The Morgan fingerprint density at radius 3 is 2.30 bits per heavy atom. The van der Waals surface area contributed by atoms with Crippen LogP contribution in [0.4, 0.5) is 0 Å². The minimum Gasteiger partial charge on any atom is -0.411 e. The van der Waals surface area contributed by atoms with E-state index >= 15 is 0 Å². The molecule has 0 bridgehead atoms. The van der Waals surface area contributed by atoms with Crippen LogP contribution in [0, 0.1) is 0 Å². The number of hydrogen-bond acceptors (Lipinski definition) is 4. The van der Waals surface area contributed by atoms with Crippen molar-refractivity contribution in [2.45, 2.75) is 19.4 Å².